The molecule has 2 N–H and O–H groups in total. The standard InChI is InChI=1S/C24H23BrFN3O2S/c1-24(2,32(27)30)14-15(12-17-6-5-9-22(26)28-17)18-7-3-4-8-19(18)23-20-11-10-16(25)13-21(20)31-29-23/h3-11,13,15H,12,14,27H2,1-2H3/t15-,32?/m0/s1. The first-order chi connectivity index (χ1) is 15.2. The molecule has 0 aliphatic carbocycles. The first-order valence-electron chi connectivity index (χ1n) is 10.2. The summed E-state index contributed by atoms with van der Waals surface area (Å²) in [5, 5.41) is 11.0. The average molecular weight is 516 g/mol. The Labute approximate surface area is 196 Å². The van der Waals surface area contributed by atoms with E-state index in [1.807, 2.05) is 56.3 Å². The van der Waals surface area contributed by atoms with Crippen LogP contribution in [0.1, 0.15) is 37.4 Å². The number of hydrogen-bond acceptors (Lipinski definition) is 4. The number of halogens is 2. The van der Waals surface area contributed by atoms with Crippen molar-refractivity contribution in [3.05, 3.63) is 82.3 Å². The third-order valence-electron chi connectivity index (χ3n) is 5.60. The Morgan fingerprint density at radius 3 is 2.69 bits per heavy atom. The van der Waals surface area contributed by atoms with Crippen molar-refractivity contribution in [1.29, 1.82) is 0 Å². The van der Waals surface area contributed by atoms with Gasteiger partial charge < -0.3 is 4.52 Å². The first-order valence-corrected chi connectivity index (χ1v) is 12.2. The molecule has 2 aromatic heterocycles. The second-order valence-electron chi connectivity index (χ2n) is 8.37. The number of rotatable bonds is 7. The van der Waals surface area contributed by atoms with Crippen LogP contribution in [0.3, 0.4) is 0 Å². The molecule has 2 heterocycles. The van der Waals surface area contributed by atoms with Crippen molar-refractivity contribution in [2.45, 2.75) is 37.4 Å². The lowest BCUT2D eigenvalue weighted by Crippen LogP contribution is -2.34. The van der Waals surface area contributed by atoms with Gasteiger partial charge in [0.2, 0.25) is 5.95 Å². The molecule has 4 aromatic rings. The molecule has 1 unspecified atom stereocenters. The van der Waals surface area contributed by atoms with E-state index in [-0.39, 0.29) is 5.92 Å². The fourth-order valence-corrected chi connectivity index (χ4v) is 4.66. The van der Waals surface area contributed by atoms with E-state index in [0.717, 1.165) is 26.7 Å². The lowest BCUT2D eigenvalue weighted by molar-refractivity contribution is 0.459. The topological polar surface area (TPSA) is 82.0 Å². The van der Waals surface area contributed by atoms with Gasteiger partial charge in [-0.25, -0.2) is 9.19 Å². The van der Waals surface area contributed by atoms with E-state index >= 15 is 0 Å². The maximum absolute atomic E-state index is 13.8. The van der Waals surface area contributed by atoms with Gasteiger partial charge in [-0.15, -0.1) is 0 Å². The van der Waals surface area contributed by atoms with Crippen molar-refractivity contribution in [2.24, 2.45) is 5.14 Å². The summed E-state index contributed by atoms with van der Waals surface area (Å²) >= 11 is 3.46. The van der Waals surface area contributed by atoms with E-state index in [1.165, 1.54) is 6.07 Å². The van der Waals surface area contributed by atoms with E-state index < -0.39 is 21.7 Å². The number of benzene rings is 2. The molecule has 0 bridgehead atoms. The summed E-state index contributed by atoms with van der Waals surface area (Å²) in [4.78, 5) is 4.05. The van der Waals surface area contributed by atoms with Crippen LogP contribution in [-0.2, 0) is 17.4 Å². The van der Waals surface area contributed by atoms with Crippen LogP contribution in [0, 0.1) is 5.95 Å². The normalized spacial score (nSPS) is 13.9. The molecular weight excluding hydrogens is 493 g/mol. The smallest absolute Gasteiger partial charge is 0.213 e. The molecule has 166 valence electrons. The van der Waals surface area contributed by atoms with Crippen LogP contribution < -0.4 is 5.14 Å². The van der Waals surface area contributed by atoms with Crippen LogP contribution in [0.15, 0.2) is 69.7 Å². The zero-order chi connectivity index (χ0) is 22.9. The largest absolute Gasteiger partial charge is 0.356 e. The van der Waals surface area contributed by atoms with E-state index in [1.54, 1.807) is 12.1 Å². The third kappa shape index (κ3) is 4.82. The fraction of sp³-hybridized carbons (Fsp3) is 0.250. The van der Waals surface area contributed by atoms with Crippen molar-refractivity contribution in [3.8, 4) is 11.3 Å². The Bertz CT molecular complexity index is 1290. The molecular formula is C24H23BrFN3O2S. The summed E-state index contributed by atoms with van der Waals surface area (Å²) in [5.41, 5.74) is 3.93. The molecule has 2 atom stereocenters. The SMILES string of the molecule is CC(C)(C[C@H](Cc1cccc(F)n1)c1ccccc1-c1noc2cc(Br)ccc12)S(N)=O. The van der Waals surface area contributed by atoms with Crippen molar-refractivity contribution in [3.63, 3.8) is 0 Å². The van der Waals surface area contributed by atoms with E-state index in [4.69, 9.17) is 9.66 Å². The van der Waals surface area contributed by atoms with Gasteiger partial charge in [0.25, 0.3) is 0 Å². The summed E-state index contributed by atoms with van der Waals surface area (Å²) in [6, 6.07) is 18.5. The lowest BCUT2D eigenvalue weighted by Gasteiger charge is -2.28. The van der Waals surface area contributed by atoms with Gasteiger partial charge in [-0.2, -0.15) is 4.39 Å². The highest BCUT2D eigenvalue weighted by Crippen LogP contribution is 2.39. The first kappa shape index (κ1) is 22.8. The van der Waals surface area contributed by atoms with Crippen LogP contribution in [0.5, 0.6) is 0 Å². The second-order valence-corrected chi connectivity index (χ2v) is 11.0. The highest BCUT2D eigenvalue weighted by atomic mass is 79.9. The molecule has 0 amide bonds. The number of pyridine rings is 1. The van der Waals surface area contributed by atoms with Gasteiger partial charge in [0.05, 0.1) is 15.7 Å². The van der Waals surface area contributed by atoms with Crippen LogP contribution in [0.4, 0.5) is 4.39 Å². The number of hydrogen-bond donors (Lipinski definition) is 1. The van der Waals surface area contributed by atoms with Gasteiger partial charge in [0, 0.05) is 21.1 Å². The zero-order valence-electron chi connectivity index (χ0n) is 17.7. The number of nitrogens with two attached hydrogens (primary N) is 1. The number of nitrogens with zero attached hydrogens (tertiary/aromatic N) is 2. The maximum Gasteiger partial charge on any atom is 0.213 e. The van der Waals surface area contributed by atoms with E-state index in [9.17, 15) is 8.60 Å². The highest BCUT2D eigenvalue weighted by Gasteiger charge is 2.31. The molecule has 0 radical (unpaired) electrons. The molecule has 5 nitrogen and oxygen atoms in total. The quantitative estimate of drug-likeness (QED) is 0.310. The maximum atomic E-state index is 13.8. The summed E-state index contributed by atoms with van der Waals surface area (Å²) in [5.74, 6) is -0.644. The fourth-order valence-electron chi connectivity index (χ4n) is 3.96. The van der Waals surface area contributed by atoms with Crippen LogP contribution >= 0.6 is 15.9 Å². The van der Waals surface area contributed by atoms with Gasteiger partial charge in [-0.05, 0) is 68.5 Å². The third-order valence-corrected chi connectivity index (χ3v) is 7.35. The summed E-state index contributed by atoms with van der Waals surface area (Å²) in [6.45, 7) is 3.75. The minimum Gasteiger partial charge on any atom is -0.356 e. The molecule has 0 saturated heterocycles. The summed E-state index contributed by atoms with van der Waals surface area (Å²) in [7, 11) is -1.53. The minimum atomic E-state index is -1.53. The molecule has 0 fully saturated rings. The molecule has 2 aromatic carbocycles. The molecule has 4 rings (SSSR count). The van der Waals surface area contributed by atoms with Gasteiger partial charge in [-0.3, -0.25) is 5.14 Å². The molecule has 8 heteroatoms. The molecule has 0 aliphatic rings. The Morgan fingerprint density at radius 2 is 1.94 bits per heavy atom. The average Bonchev–Trinajstić information content (AvgIpc) is 3.16. The Morgan fingerprint density at radius 1 is 1.16 bits per heavy atom. The molecule has 0 aliphatic heterocycles. The van der Waals surface area contributed by atoms with Gasteiger partial charge >= 0.3 is 0 Å². The Balaban J connectivity index is 1.83. The molecule has 32 heavy (non-hydrogen) atoms. The number of fused-ring (bicyclic) bond motifs is 1. The van der Waals surface area contributed by atoms with E-state index in [2.05, 4.69) is 26.1 Å². The van der Waals surface area contributed by atoms with Crippen molar-refractivity contribution in [1.82, 2.24) is 10.1 Å². The zero-order valence-corrected chi connectivity index (χ0v) is 20.1. The van der Waals surface area contributed by atoms with E-state index in [0.29, 0.717) is 24.1 Å². The summed E-state index contributed by atoms with van der Waals surface area (Å²) in [6.07, 6.45) is 0.989. The summed E-state index contributed by atoms with van der Waals surface area (Å²) < 4.78 is 31.9. The highest BCUT2D eigenvalue weighted by molar-refractivity contribution is 9.10. The van der Waals surface area contributed by atoms with Gasteiger partial charge in [0.15, 0.2) is 5.58 Å². The Hall–Kier alpha value is -2.42. The predicted molar refractivity (Wildman–Crippen MR) is 129 cm³/mol. The molecule has 0 saturated carbocycles. The van der Waals surface area contributed by atoms with Crippen LogP contribution in [-0.4, -0.2) is 19.1 Å². The monoisotopic (exact) mass is 515 g/mol. The Kier molecular flexibility index (Phi) is 6.55. The van der Waals surface area contributed by atoms with Crippen molar-refractivity contribution < 1.29 is 13.1 Å². The van der Waals surface area contributed by atoms with Gasteiger partial charge in [-0.1, -0.05) is 51.4 Å². The van der Waals surface area contributed by atoms with Gasteiger partial charge in [0.1, 0.15) is 5.69 Å². The molecule has 0 spiro atoms. The van der Waals surface area contributed by atoms with Crippen molar-refractivity contribution in [2.75, 3.05) is 0 Å². The minimum absolute atomic E-state index is 0.120. The van der Waals surface area contributed by atoms with Crippen LogP contribution in [0.25, 0.3) is 22.2 Å². The van der Waals surface area contributed by atoms with Crippen LogP contribution in [0.2, 0.25) is 0 Å². The predicted octanol–water partition coefficient (Wildman–Crippen LogP) is 5.91. The lowest BCUT2D eigenvalue weighted by atomic mass is 9.83. The van der Waals surface area contributed by atoms with Crippen molar-refractivity contribution >= 4 is 37.9 Å². The second kappa shape index (κ2) is 9.21. The number of aromatic nitrogens is 2.